The zero-order valence-electron chi connectivity index (χ0n) is 11.0. The number of hydrogen-bond acceptors (Lipinski definition) is 4. The zero-order valence-corrected chi connectivity index (χ0v) is 12.6. The van der Waals surface area contributed by atoms with Gasteiger partial charge in [0.1, 0.15) is 13.2 Å². The molecule has 1 fully saturated rings. The summed E-state index contributed by atoms with van der Waals surface area (Å²) in [5, 5.41) is 4.15. The van der Waals surface area contributed by atoms with Gasteiger partial charge in [-0.1, -0.05) is 11.6 Å². The first-order valence-corrected chi connectivity index (χ1v) is 8.17. The summed E-state index contributed by atoms with van der Waals surface area (Å²) in [7, 11) is 0. The number of nitrogens with one attached hydrogen (secondary N) is 1. The van der Waals surface area contributed by atoms with E-state index in [-0.39, 0.29) is 0 Å². The van der Waals surface area contributed by atoms with E-state index in [1.165, 1.54) is 12.8 Å². The first kappa shape index (κ1) is 13.4. The summed E-state index contributed by atoms with van der Waals surface area (Å²) in [6, 6.07) is 3.98. The fourth-order valence-corrected chi connectivity index (χ4v) is 3.34. The Morgan fingerprint density at radius 3 is 2.84 bits per heavy atom. The lowest BCUT2D eigenvalue weighted by Gasteiger charge is -2.20. The first-order valence-electron chi connectivity index (χ1n) is 6.56. The molecule has 1 saturated carbocycles. The molecule has 1 N–H and O–H groups in total. The Morgan fingerprint density at radius 2 is 2.11 bits per heavy atom. The second-order valence-corrected chi connectivity index (χ2v) is 6.77. The number of fused-ring (bicyclic) bond motifs is 1. The van der Waals surface area contributed by atoms with Gasteiger partial charge in [-0.3, -0.25) is 0 Å². The molecule has 104 valence electrons. The van der Waals surface area contributed by atoms with Crippen LogP contribution in [0, 0.1) is 0 Å². The van der Waals surface area contributed by atoms with E-state index in [2.05, 4.69) is 11.6 Å². The van der Waals surface area contributed by atoms with Gasteiger partial charge in [0, 0.05) is 17.8 Å². The molecule has 0 aromatic heterocycles. The van der Waals surface area contributed by atoms with Gasteiger partial charge in [-0.05, 0) is 36.8 Å². The van der Waals surface area contributed by atoms with Gasteiger partial charge in [0.25, 0.3) is 0 Å². The summed E-state index contributed by atoms with van der Waals surface area (Å²) in [4.78, 5) is 0. The minimum atomic E-state index is 0.484. The van der Waals surface area contributed by atoms with Crippen LogP contribution >= 0.6 is 23.4 Å². The van der Waals surface area contributed by atoms with Crippen LogP contribution in [0.25, 0.3) is 0 Å². The van der Waals surface area contributed by atoms with Crippen molar-refractivity contribution in [3.05, 3.63) is 22.7 Å². The predicted molar refractivity (Wildman–Crippen MR) is 79.6 cm³/mol. The smallest absolute Gasteiger partial charge is 0.179 e. The van der Waals surface area contributed by atoms with Gasteiger partial charge >= 0.3 is 0 Å². The Hall–Kier alpha value is -0.580. The summed E-state index contributed by atoms with van der Waals surface area (Å²) in [6.45, 7) is 3.04. The zero-order chi connectivity index (χ0) is 13.3. The third-order valence-electron chi connectivity index (χ3n) is 3.67. The Labute approximate surface area is 123 Å². The van der Waals surface area contributed by atoms with E-state index < -0.39 is 0 Å². The molecule has 2 aliphatic rings. The normalized spacial score (nSPS) is 19.3. The van der Waals surface area contributed by atoms with E-state index in [4.69, 9.17) is 21.1 Å². The minimum Gasteiger partial charge on any atom is -0.486 e. The molecular formula is C14H18ClNO2S. The maximum atomic E-state index is 6.22. The molecule has 5 heteroatoms. The Kier molecular flexibility index (Phi) is 3.83. The average Bonchev–Trinajstić information content (AvgIpc) is 3.19. The van der Waals surface area contributed by atoms with E-state index in [9.17, 15) is 0 Å². The summed E-state index contributed by atoms with van der Waals surface area (Å²) in [5.74, 6) is 1.45. The third kappa shape index (κ3) is 2.96. The summed E-state index contributed by atoms with van der Waals surface area (Å²) in [5.41, 5.74) is 1.14. The monoisotopic (exact) mass is 299 g/mol. The summed E-state index contributed by atoms with van der Waals surface area (Å²) >= 11 is 8.18. The van der Waals surface area contributed by atoms with Crippen LogP contribution in [0.15, 0.2) is 12.1 Å². The quantitative estimate of drug-likeness (QED) is 0.905. The van der Waals surface area contributed by atoms with Gasteiger partial charge in [-0.25, -0.2) is 0 Å². The molecule has 1 aromatic carbocycles. The van der Waals surface area contributed by atoms with E-state index in [0.717, 1.165) is 24.4 Å². The predicted octanol–water partition coefficient (Wildman–Crippen LogP) is 3.10. The molecule has 0 bridgehead atoms. The van der Waals surface area contributed by atoms with Crippen LogP contribution in [0.5, 0.6) is 11.5 Å². The molecule has 0 atom stereocenters. The standard InChI is InChI=1S/C14H18ClNO2S/c1-19-14(2-3-14)9-16-8-10-6-11(15)13-12(7-10)17-4-5-18-13/h6-7,16H,2-5,8-9H2,1H3. The topological polar surface area (TPSA) is 30.5 Å². The van der Waals surface area contributed by atoms with Gasteiger partial charge in [0.05, 0.1) is 5.02 Å². The molecule has 0 amide bonds. The van der Waals surface area contributed by atoms with Crippen molar-refractivity contribution < 1.29 is 9.47 Å². The molecule has 1 heterocycles. The molecule has 0 radical (unpaired) electrons. The fraction of sp³-hybridized carbons (Fsp3) is 0.571. The summed E-state index contributed by atoms with van der Waals surface area (Å²) in [6.07, 6.45) is 4.84. The highest BCUT2D eigenvalue weighted by Crippen LogP contribution is 2.46. The maximum absolute atomic E-state index is 6.22. The van der Waals surface area contributed by atoms with Crippen LogP contribution in [0.1, 0.15) is 18.4 Å². The molecule has 0 spiro atoms. The second-order valence-electron chi connectivity index (χ2n) is 5.09. The highest BCUT2D eigenvalue weighted by molar-refractivity contribution is 8.00. The number of hydrogen-bond donors (Lipinski definition) is 1. The van der Waals surface area contributed by atoms with Crippen molar-refractivity contribution in [2.24, 2.45) is 0 Å². The lowest BCUT2D eigenvalue weighted by atomic mass is 10.2. The molecule has 3 rings (SSSR count). The first-order chi connectivity index (χ1) is 9.22. The SMILES string of the molecule is CSC1(CNCc2cc(Cl)c3c(c2)OCCO3)CC1. The van der Waals surface area contributed by atoms with Crippen molar-refractivity contribution in [2.75, 3.05) is 26.0 Å². The van der Waals surface area contributed by atoms with Gasteiger partial charge < -0.3 is 14.8 Å². The van der Waals surface area contributed by atoms with E-state index in [1.54, 1.807) is 0 Å². The van der Waals surface area contributed by atoms with Gasteiger partial charge in [-0.15, -0.1) is 0 Å². The Balaban J connectivity index is 1.63. The van der Waals surface area contributed by atoms with Gasteiger partial charge in [0.2, 0.25) is 0 Å². The van der Waals surface area contributed by atoms with Crippen LogP contribution in [-0.4, -0.2) is 30.8 Å². The number of benzene rings is 1. The van der Waals surface area contributed by atoms with Crippen molar-refractivity contribution in [2.45, 2.75) is 24.1 Å². The highest BCUT2D eigenvalue weighted by atomic mass is 35.5. The number of thioether (sulfide) groups is 1. The molecule has 0 unspecified atom stereocenters. The van der Waals surface area contributed by atoms with Crippen LogP contribution in [-0.2, 0) is 6.54 Å². The van der Waals surface area contributed by atoms with E-state index in [1.807, 2.05) is 23.9 Å². The van der Waals surface area contributed by atoms with Crippen molar-refractivity contribution in [3.63, 3.8) is 0 Å². The molecule has 19 heavy (non-hydrogen) atoms. The van der Waals surface area contributed by atoms with Crippen LogP contribution < -0.4 is 14.8 Å². The van der Waals surface area contributed by atoms with Crippen LogP contribution in [0.4, 0.5) is 0 Å². The lowest BCUT2D eigenvalue weighted by Crippen LogP contribution is -2.25. The van der Waals surface area contributed by atoms with Gasteiger partial charge in [-0.2, -0.15) is 11.8 Å². The Morgan fingerprint density at radius 1 is 1.32 bits per heavy atom. The Bertz CT molecular complexity index is 477. The van der Waals surface area contributed by atoms with Crippen LogP contribution in [0.2, 0.25) is 5.02 Å². The second kappa shape index (κ2) is 5.43. The summed E-state index contributed by atoms with van der Waals surface area (Å²) < 4.78 is 11.6. The highest BCUT2D eigenvalue weighted by Gasteiger charge is 2.41. The molecule has 1 aliphatic carbocycles. The van der Waals surface area contributed by atoms with Crippen molar-refractivity contribution in [3.8, 4) is 11.5 Å². The fourth-order valence-electron chi connectivity index (χ4n) is 2.29. The van der Waals surface area contributed by atoms with Crippen molar-refractivity contribution in [1.82, 2.24) is 5.32 Å². The van der Waals surface area contributed by atoms with E-state index in [0.29, 0.717) is 28.7 Å². The van der Waals surface area contributed by atoms with Crippen molar-refractivity contribution in [1.29, 1.82) is 0 Å². The van der Waals surface area contributed by atoms with E-state index >= 15 is 0 Å². The largest absolute Gasteiger partial charge is 0.486 e. The molecule has 1 aliphatic heterocycles. The molecular weight excluding hydrogens is 282 g/mol. The number of rotatable bonds is 5. The molecule has 1 aromatic rings. The van der Waals surface area contributed by atoms with Crippen molar-refractivity contribution >= 4 is 23.4 Å². The molecule has 3 nitrogen and oxygen atoms in total. The average molecular weight is 300 g/mol. The maximum Gasteiger partial charge on any atom is 0.179 e. The van der Waals surface area contributed by atoms with Crippen LogP contribution in [0.3, 0.4) is 0 Å². The minimum absolute atomic E-state index is 0.484. The lowest BCUT2D eigenvalue weighted by molar-refractivity contribution is 0.171. The molecule has 0 saturated heterocycles. The number of ether oxygens (including phenoxy) is 2. The van der Waals surface area contributed by atoms with Gasteiger partial charge in [0.15, 0.2) is 11.5 Å². The third-order valence-corrected chi connectivity index (χ3v) is 5.37. The number of halogens is 1.